The Hall–Kier alpha value is 0.480. The molecule has 0 aromatic carbocycles. The molecule has 14 heavy (non-hydrogen) atoms. The maximum atomic E-state index is 3.79. The smallest absolute Gasteiger partial charge is 0.0194 e. The van der Waals surface area contributed by atoms with Gasteiger partial charge >= 0.3 is 0 Å². The van der Waals surface area contributed by atoms with Crippen molar-refractivity contribution in [1.82, 2.24) is 0 Å². The predicted molar refractivity (Wildman–Crippen MR) is 70.1 cm³/mol. The van der Waals surface area contributed by atoms with Crippen LogP contribution < -0.4 is 0 Å². The van der Waals surface area contributed by atoms with Crippen molar-refractivity contribution in [2.24, 2.45) is 11.3 Å². The Kier molecular flexibility index (Phi) is 7.11. The quantitative estimate of drug-likeness (QED) is 0.562. The van der Waals surface area contributed by atoms with E-state index in [-0.39, 0.29) is 0 Å². The Morgan fingerprint density at radius 1 is 1.07 bits per heavy atom. The molecule has 0 rings (SSSR count). The maximum absolute atomic E-state index is 3.79. The SMILES string of the molecule is CCCC(C)CCCC(Br)C(C)(C)C. The zero-order chi connectivity index (χ0) is 11.2. The van der Waals surface area contributed by atoms with Crippen LogP contribution in [0.15, 0.2) is 0 Å². The lowest BCUT2D eigenvalue weighted by molar-refractivity contribution is 0.364. The molecule has 0 radical (unpaired) electrons. The molecule has 0 N–H and O–H groups in total. The van der Waals surface area contributed by atoms with E-state index in [1.54, 1.807) is 0 Å². The lowest BCUT2D eigenvalue weighted by Crippen LogP contribution is -2.20. The zero-order valence-corrected chi connectivity index (χ0v) is 12.2. The van der Waals surface area contributed by atoms with Crippen molar-refractivity contribution in [2.45, 2.75) is 71.5 Å². The van der Waals surface area contributed by atoms with E-state index in [0.717, 1.165) is 5.92 Å². The van der Waals surface area contributed by atoms with E-state index in [1.165, 1.54) is 32.1 Å². The van der Waals surface area contributed by atoms with Crippen molar-refractivity contribution in [2.75, 3.05) is 0 Å². The van der Waals surface area contributed by atoms with Crippen LogP contribution >= 0.6 is 15.9 Å². The molecule has 86 valence electrons. The second-order valence-electron chi connectivity index (χ2n) is 5.66. The number of alkyl halides is 1. The molecule has 0 aromatic heterocycles. The summed E-state index contributed by atoms with van der Waals surface area (Å²) in [6.07, 6.45) is 6.80. The summed E-state index contributed by atoms with van der Waals surface area (Å²) in [5.74, 6) is 0.916. The fourth-order valence-corrected chi connectivity index (χ4v) is 2.04. The van der Waals surface area contributed by atoms with Gasteiger partial charge in [-0.25, -0.2) is 0 Å². The molecule has 1 heteroatoms. The summed E-state index contributed by atoms with van der Waals surface area (Å²) in [4.78, 5) is 0.670. The van der Waals surface area contributed by atoms with E-state index in [9.17, 15) is 0 Å². The molecule has 0 nitrogen and oxygen atoms in total. The molecule has 0 fully saturated rings. The lowest BCUT2D eigenvalue weighted by Gasteiger charge is -2.25. The average Bonchev–Trinajstić information content (AvgIpc) is 2.02. The van der Waals surface area contributed by atoms with Crippen molar-refractivity contribution < 1.29 is 0 Å². The third kappa shape index (κ3) is 6.86. The molecule has 0 heterocycles. The second kappa shape index (κ2) is 6.87. The molecule has 0 saturated carbocycles. The highest BCUT2D eigenvalue weighted by Crippen LogP contribution is 2.30. The highest BCUT2D eigenvalue weighted by Gasteiger charge is 2.21. The first kappa shape index (κ1) is 14.5. The van der Waals surface area contributed by atoms with Gasteiger partial charge in [-0.05, 0) is 17.8 Å². The second-order valence-corrected chi connectivity index (χ2v) is 6.76. The largest absolute Gasteiger partial charge is 0.0885 e. The average molecular weight is 263 g/mol. The molecule has 0 aromatic rings. The van der Waals surface area contributed by atoms with Crippen LogP contribution in [0.4, 0.5) is 0 Å². The molecule has 0 aliphatic heterocycles. The van der Waals surface area contributed by atoms with Crippen LogP contribution in [0, 0.1) is 11.3 Å². The van der Waals surface area contributed by atoms with Crippen molar-refractivity contribution in [1.29, 1.82) is 0 Å². The molecule has 0 aliphatic rings. The Balaban J connectivity index is 3.54. The van der Waals surface area contributed by atoms with Crippen molar-refractivity contribution in [3.63, 3.8) is 0 Å². The topological polar surface area (TPSA) is 0 Å². The standard InChI is InChI=1S/C13H27Br/c1-6-8-11(2)9-7-10-12(14)13(3,4)5/h11-12H,6-10H2,1-5H3. The minimum atomic E-state index is 0.411. The van der Waals surface area contributed by atoms with Gasteiger partial charge in [-0.2, -0.15) is 0 Å². The predicted octanol–water partition coefficient (Wildman–Crippen LogP) is 5.40. The van der Waals surface area contributed by atoms with Gasteiger partial charge in [0.2, 0.25) is 0 Å². The van der Waals surface area contributed by atoms with Crippen LogP contribution in [0.3, 0.4) is 0 Å². The van der Waals surface area contributed by atoms with Crippen molar-refractivity contribution >= 4 is 15.9 Å². The Labute approximate surface area is 99.0 Å². The molecule has 2 atom stereocenters. The molecule has 0 bridgehead atoms. The summed E-state index contributed by atoms with van der Waals surface area (Å²) in [6, 6.07) is 0. The molecule has 2 unspecified atom stereocenters. The van der Waals surface area contributed by atoms with Crippen LogP contribution in [0.25, 0.3) is 0 Å². The Morgan fingerprint density at radius 2 is 1.64 bits per heavy atom. The van der Waals surface area contributed by atoms with Gasteiger partial charge in [-0.15, -0.1) is 0 Å². The van der Waals surface area contributed by atoms with Crippen LogP contribution in [-0.2, 0) is 0 Å². The van der Waals surface area contributed by atoms with Gasteiger partial charge in [-0.1, -0.05) is 76.2 Å². The molecule has 0 saturated heterocycles. The third-order valence-electron chi connectivity index (χ3n) is 2.88. The molecule has 0 spiro atoms. The first-order valence-electron chi connectivity index (χ1n) is 6.02. The summed E-state index contributed by atoms with van der Waals surface area (Å²) in [7, 11) is 0. The van der Waals surface area contributed by atoms with E-state index < -0.39 is 0 Å². The number of halogens is 1. The van der Waals surface area contributed by atoms with Gasteiger partial charge in [0.25, 0.3) is 0 Å². The van der Waals surface area contributed by atoms with Gasteiger partial charge in [0.1, 0.15) is 0 Å². The molecular weight excluding hydrogens is 236 g/mol. The summed E-state index contributed by atoms with van der Waals surface area (Å²) < 4.78 is 0. The molecular formula is C13H27Br. The van der Waals surface area contributed by atoms with E-state index in [4.69, 9.17) is 0 Å². The highest BCUT2D eigenvalue weighted by molar-refractivity contribution is 9.09. The van der Waals surface area contributed by atoms with Gasteiger partial charge in [0, 0.05) is 4.83 Å². The third-order valence-corrected chi connectivity index (χ3v) is 4.71. The number of hydrogen-bond donors (Lipinski definition) is 0. The monoisotopic (exact) mass is 262 g/mol. The minimum absolute atomic E-state index is 0.411. The van der Waals surface area contributed by atoms with Gasteiger partial charge in [0.05, 0.1) is 0 Å². The number of rotatable bonds is 6. The van der Waals surface area contributed by atoms with Crippen LogP contribution in [0.1, 0.15) is 66.7 Å². The van der Waals surface area contributed by atoms with E-state index in [1.807, 2.05) is 0 Å². The maximum Gasteiger partial charge on any atom is 0.0194 e. The van der Waals surface area contributed by atoms with E-state index in [2.05, 4.69) is 50.5 Å². The van der Waals surface area contributed by atoms with Crippen molar-refractivity contribution in [3.8, 4) is 0 Å². The lowest BCUT2D eigenvalue weighted by atomic mass is 9.88. The normalized spacial score (nSPS) is 16.7. The van der Waals surface area contributed by atoms with Gasteiger partial charge in [-0.3, -0.25) is 0 Å². The van der Waals surface area contributed by atoms with Gasteiger partial charge in [0.15, 0.2) is 0 Å². The first-order valence-corrected chi connectivity index (χ1v) is 6.93. The summed E-state index contributed by atoms with van der Waals surface area (Å²) in [5.41, 5.74) is 0.411. The minimum Gasteiger partial charge on any atom is -0.0885 e. The molecule has 0 amide bonds. The van der Waals surface area contributed by atoms with Crippen LogP contribution in [0.5, 0.6) is 0 Å². The molecule has 0 aliphatic carbocycles. The number of hydrogen-bond acceptors (Lipinski definition) is 0. The Morgan fingerprint density at radius 3 is 2.07 bits per heavy atom. The summed E-state index contributed by atoms with van der Waals surface area (Å²) in [6.45, 7) is 11.6. The van der Waals surface area contributed by atoms with E-state index >= 15 is 0 Å². The van der Waals surface area contributed by atoms with E-state index in [0.29, 0.717) is 10.2 Å². The van der Waals surface area contributed by atoms with Crippen LogP contribution in [0.2, 0.25) is 0 Å². The fourth-order valence-electron chi connectivity index (χ4n) is 1.72. The zero-order valence-electron chi connectivity index (χ0n) is 10.6. The highest BCUT2D eigenvalue weighted by atomic mass is 79.9. The van der Waals surface area contributed by atoms with Crippen molar-refractivity contribution in [3.05, 3.63) is 0 Å². The summed E-state index contributed by atoms with van der Waals surface area (Å²) >= 11 is 3.79. The van der Waals surface area contributed by atoms with Crippen LogP contribution in [-0.4, -0.2) is 4.83 Å². The Bertz CT molecular complexity index is 135. The first-order chi connectivity index (χ1) is 6.38. The van der Waals surface area contributed by atoms with Gasteiger partial charge < -0.3 is 0 Å². The fraction of sp³-hybridized carbons (Fsp3) is 1.00. The summed E-state index contributed by atoms with van der Waals surface area (Å²) in [5, 5.41) is 0.